The first-order valence-electron chi connectivity index (χ1n) is 6.55. The van der Waals surface area contributed by atoms with E-state index in [9.17, 15) is 4.79 Å². The van der Waals surface area contributed by atoms with Crippen LogP contribution in [0.1, 0.15) is 39.8 Å². The van der Waals surface area contributed by atoms with E-state index in [-0.39, 0.29) is 12.1 Å². The Balaban J connectivity index is 2.11. The lowest BCUT2D eigenvalue weighted by atomic mass is 10.2. The van der Waals surface area contributed by atoms with Gasteiger partial charge in [-0.2, -0.15) is 0 Å². The predicted octanol–water partition coefficient (Wildman–Crippen LogP) is 2.02. The fraction of sp³-hybridized carbons (Fsp3) is 0.692. The number of ether oxygens (including phenoxy) is 2. The Morgan fingerprint density at radius 1 is 1.63 bits per heavy atom. The molecule has 1 saturated heterocycles. The molecule has 1 atom stereocenters. The fourth-order valence-corrected chi connectivity index (χ4v) is 3.23. The van der Waals surface area contributed by atoms with Gasteiger partial charge in [0.25, 0.3) is 0 Å². The van der Waals surface area contributed by atoms with Crippen molar-refractivity contribution in [3.05, 3.63) is 15.6 Å². The fourth-order valence-electron chi connectivity index (χ4n) is 2.21. The number of aromatic nitrogens is 1. The van der Waals surface area contributed by atoms with Crippen LogP contribution >= 0.6 is 11.3 Å². The molecule has 1 fully saturated rings. The highest BCUT2D eigenvalue weighted by atomic mass is 32.1. The third kappa shape index (κ3) is 3.32. The normalized spacial score (nSPS) is 20.5. The molecule has 0 spiro atoms. The van der Waals surface area contributed by atoms with Crippen molar-refractivity contribution in [2.75, 3.05) is 33.4 Å². The van der Waals surface area contributed by atoms with E-state index in [2.05, 4.69) is 16.8 Å². The van der Waals surface area contributed by atoms with Crippen molar-refractivity contribution in [3.8, 4) is 0 Å². The first-order valence-corrected chi connectivity index (χ1v) is 7.37. The van der Waals surface area contributed by atoms with Crippen LogP contribution in [0.3, 0.4) is 0 Å². The summed E-state index contributed by atoms with van der Waals surface area (Å²) < 4.78 is 10.5. The van der Waals surface area contributed by atoms with Gasteiger partial charge in [-0.15, -0.1) is 11.3 Å². The minimum absolute atomic E-state index is 0.0255. The maximum absolute atomic E-state index is 11.6. The number of morpholine rings is 1. The molecule has 0 bridgehead atoms. The van der Waals surface area contributed by atoms with Crippen LogP contribution in [-0.4, -0.2) is 49.2 Å². The van der Waals surface area contributed by atoms with Gasteiger partial charge in [0.2, 0.25) is 0 Å². The van der Waals surface area contributed by atoms with Gasteiger partial charge in [-0.1, -0.05) is 6.92 Å². The molecule has 2 rings (SSSR count). The predicted molar refractivity (Wildman–Crippen MR) is 73.6 cm³/mol. The van der Waals surface area contributed by atoms with Gasteiger partial charge >= 0.3 is 5.97 Å². The zero-order chi connectivity index (χ0) is 13.8. The van der Waals surface area contributed by atoms with Gasteiger partial charge in [0, 0.05) is 13.1 Å². The molecule has 106 valence electrons. The van der Waals surface area contributed by atoms with Crippen molar-refractivity contribution >= 4 is 17.3 Å². The molecule has 1 unspecified atom stereocenters. The molecule has 5 nitrogen and oxygen atoms in total. The van der Waals surface area contributed by atoms with Gasteiger partial charge in [0.05, 0.1) is 19.4 Å². The number of methoxy groups -OCH3 is 1. The molecule has 0 amide bonds. The molecule has 6 heteroatoms. The summed E-state index contributed by atoms with van der Waals surface area (Å²) in [4.78, 5) is 19.0. The maximum atomic E-state index is 11.6. The summed E-state index contributed by atoms with van der Waals surface area (Å²) in [5.41, 5.74) is 0.725. The second-order valence-corrected chi connectivity index (χ2v) is 5.65. The van der Waals surface area contributed by atoms with Gasteiger partial charge in [-0.25, -0.2) is 9.78 Å². The number of hydrogen-bond donors (Lipinski definition) is 0. The van der Waals surface area contributed by atoms with Crippen LogP contribution in [0, 0.1) is 6.92 Å². The lowest BCUT2D eigenvalue weighted by Crippen LogP contribution is -2.38. The van der Waals surface area contributed by atoms with Crippen LogP contribution in [0.5, 0.6) is 0 Å². The number of carbonyl (C=O) groups is 1. The van der Waals surface area contributed by atoms with Gasteiger partial charge in [0.1, 0.15) is 16.0 Å². The Kier molecular flexibility index (Phi) is 4.90. The Morgan fingerprint density at radius 2 is 2.42 bits per heavy atom. The molecular weight excluding hydrogens is 264 g/mol. The Hall–Kier alpha value is -0.980. The van der Waals surface area contributed by atoms with E-state index >= 15 is 0 Å². The monoisotopic (exact) mass is 284 g/mol. The number of hydrogen-bond acceptors (Lipinski definition) is 6. The van der Waals surface area contributed by atoms with Crippen molar-refractivity contribution in [2.24, 2.45) is 0 Å². The lowest BCUT2D eigenvalue weighted by molar-refractivity contribution is -0.0299. The van der Waals surface area contributed by atoms with E-state index in [1.54, 1.807) is 0 Å². The number of thiazole rings is 1. The highest BCUT2D eigenvalue weighted by Gasteiger charge is 2.26. The Bertz CT molecular complexity index is 445. The third-order valence-corrected chi connectivity index (χ3v) is 4.38. The third-order valence-electron chi connectivity index (χ3n) is 3.15. The van der Waals surface area contributed by atoms with E-state index in [4.69, 9.17) is 9.47 Å². The minimum Gasteiger partial charge on any atom is -0.465 e. The molecule has 0 N–H and O–H groups in total. The summed E-state index contributed by atoms with van der Waals surface area (Å²) in [6.07, 6.45) is 1.11. The van der Waals surface area contributed by atoms with Gasteiger partial charge in [0.15, 0.2) is 0 Å². The van der Waals surface area contributed by atoms with Crippen molar-refractivity contribution in [1.29, 1.82) is 0 Å². The van der Waals surface area contributed by atoms with E-state index < -0.39 is 0 Å². The molecule has 0 saturated carbocycles. The molecule has 1 aromatic rings. The summed E-state index contributed by atoms with van der Waals surface area (Å²) in [6.45, 7) is 7.62. The average Bonchev–Trinajstić information content (AvgIpc) is 2.81. The van der Waals surface area contributed by atoms with E-state index in [1.807, 2.05) is 6.92 Å². The summed E-state index contributed by atoms with van der Waals surface area (Å²) in [5, 5.41) is 0.874. The molecule has 0 aliphatic carbocycles. The Labute approximate surface area is 117 Å². The highest BCUT2D eigenvalue weighted by Crippen LogP contribution is 2.29. The van der Waals surface area contributed by atoms with Crippen molar-refractivity contribution < 1.29 is 14.3 Å². The number of aryl methyl sites for hydroxylation is 1. The van der Waals surface area contributed by atoms with Crippen LogP contribution in [0.2, 0.25) is 0 Å². The molecule has 1 aromatic heterocycles. The van der Waals surface area contributed by atoms with Crippen molar-refractivity contribution in [3.63, 3.8) is 0 Å². The van der Waals surface area contributed by atoms with Crippen LogP contribution in [-0.2, 0) is 9.47 Å². The van der Waals surface area contributed by atoms with Gasteiger partial charge in [-0.05, 0) is 19.9 Å². The zero-order valence-electron chi connectivity index (χ0n) is 11.6. The second-order valence-electron chi connectivity index (χ2n) is 4.62. The van der Waals surface area contributed by atoms with E-state index in [0.29, 0.717) is 4.88 Å². The second kappa shape index (κ2) is 6.45. The molecule has 1 aliphatic heterocycles. The first-order chi connectivity index (χ1) is 9.15. The summed E-state index contributed by atoms with van der Waals surface area (Å²) in [5.74, 6) is -0.317. The molecule has 0 radical (unpaired) electrons. The number of esters is 1. The lowest BCUT2D eigenvalue weighted by Gasteiger charge is -2.31. The minimum atomic E-state index is -0.317. The molecular formula is C13H20N2O3S. The highest BCUT2D eigenvalue weighted by molar-refractivity contribution is 7.13. The number of rotatable bonds is 4. The quantitative estimate of drug-likeness (QED) is 0.792. The summed E-state index contributed by atoms with van der Waals surface area (Å²) in [7, 11) is 1.39. The first kappa shape index (κ1) is 14.4. The number of nitrogens with zero attached hydrogens (tertiary/aromatic N) is 2. The van der Waals surface area contributed by atoms with Crippen LogP contribution in [0.4, 0.5) is 0 Å². The Morgan fingerprint density at radius 3 is 3.11 bits per heavy atom. The largest absolute Gasteiger partial charge is 0.465 e. The smallest absolute Gasteiger partial charge is 0.349 e. The molecule has 0 aromatic carbocycles. The van der Waals surface area contributed by atoms with Crippen molar-refractivity contribution in [1.82, 2.24) is 9.88 Å². The molecule has 1 aliphatic rings. The van der Waals surface area contributed by atoms with Crippen LogP contribution in [0.25, 0.3) is 0 Å². The van der Waals surface area contributed by atoms with E-state index in [1.165, 1.54) is 18.4 Å². The summed E-state index contributed by atoms with van der Waals surface area (Å²) in [6, 6.07) is 0. The van der Waals surface area contributed by atoms with Gasteiger partial charge in [-0.3, -0.25) is 4.90 Å². The van der Waals surface area contributed by atoms with Crippen LogP contribution < -0.4 is 0 Å². The van der Waals surface area contributed by atoms with Gasteiger partial charge < -0.3 is 9.47 Å². The SMILES string of the molecule is CCCN1CCOC(c2nc(C)c(C(=O)OC)s2)C1. The topological polar surface area (TPSA) is 51.7 Å². The standard InChI is InChI=1S/C13H20N2O3S/c1-4-5-15-6-7-18-10(8-15)12-14-9(2)11(19-12)13(16)17-3/h10H,4-8H2,1-3H3. The summed E-state index contributed by atoms with van der Waals surface area (Å²) >= 11 is 1.38. The van der Waals surface area contributed by atoms with Crippen LogP contribution in [0.15, 0.2) is 0 Å². The molecule has 19 heavy (non-hydrogen) atoms. The average molecular weight is 284 g/mol. The van der Waals surface area contributed by atoms with Crippen molar-refractivity contribution in [2.45, 2.75) is 26.4 Å². The maximum Gasteiger partial charge on any atom is 0.349 e. The number of carbonyl (C=O) groups excluding carboxylic acids is 1. The van der Waals surface area contributed by atoms with E-state index in [0.717, 1.165) is 43.4 Å². The zero-order valence-corrected chi connectivity index (χ0v) is 12.5. The molecule has 2 heterocycles.